The van der Waals surface area contributed by atoms with E-state index < -0.39 is 9.84 Å². The lowest BCUT2D eigenvalue weighted by Gasteiger charge is -2.34. The Hall–Kier alpha value is -0.870. The van der Waals surface area contributed by atoms with Crippen LogP contribution in [0.5, 0.6) is 0 Å². The van der Waals surface area contributed by atoms with Crippen LogP contribution >= 0.6 is 24.0 Å². The number of nitrogens with zero attached hydrogens (tertiary/aromatic N) is 2. The van der Waals surface area contributed by atoms with E-state index in [4.69, 9.17) is 4.74 Å². The van der Waals surface area contributed by atoms with E-state index in [9.17, 15) is 8.42 Å². The Balaban J connectivity index is 0.00000392. The van der Waals surface area contributed by atoms with Gasteiger partial charge in [0.2, 0.25) is 0 Å². The highest BCUT2D eigenvalue weighted by atomic mass is 127. The van der Waals surface area contributed by atoms with Gasteiger partial charge in [0, 0.05) is 25.9 Å². The van der Waals surface area contributed by atoms with E-state index in [1.165, 1.54) is 24.7 Å². The maximum Gasteiger partial charge on any atom is 0.193 e. The Kier molecular flexibility index (Phi) is 12.0. The molecule has 0 saturated carbocycles. The van der Waals surface area contributed by atoms with Gasteiger partial charge >= 0.3 is 0 Å². The van der Waals surface area contributed by atoms with Crippen LogP contribution in [0.4, 0.5) is 0 Å². The number of likely N-dealkylation sites (tertiary alicyclic amines) is 1. The second kappa shape index (κ2) is 13.4. The highest BCUT2D eigenvalue weighted by Gasteiger charge is 2.21. The molecule has 1 aliphatic rings. The monoisotopic (exact) mass is 523 g/mol. The van der Waals surface area contributed by atoms with Crippen LogP contribution in [0, 0.1) is 5.92 Å². The number of piperidine rings is 1. The van der Waals surface area contributed by atoms with E-state index in [0.29, 0.717) is 13.2 Å². The molecule has 0 unspecified atom stereocenters. The van der Waals surface area contributed by atoms with E-state index in [0.717, 1.165) is 37.9 Å². The predicted octanol–water partition coefficient (Wildman–Crippen LogP) is 2.59. The van der Waals surface area contributed by atoms with Crippen LogP contribution in [0.3, 0.4) is 0 Å². The molecule has 0 aromatic heterocycles. The topological polar surface area (TPSA) is 71.0 Å². The molecule has 1 fully saturated rings. The summed E-state index contributed by atoms with van der Waals surface area (Å²) in [4.78, 5) is 6.96. The molecule has 0 amide bonds. The van der Waals surface area contributed by atoms with Crippen molar-refractivity contribution >= 4 is 39.8 Å². The lowest BCUT2D eigenvalue weighted by Crippen LogP contribution is -2.46. The zero-order valence-electron chi connectivity index (χ0n) is 17.0. The molecule has 2 rings (SSSR count). The van der Waals surface area contributed by atoms with Crippen LogP contribution in [0.2, 0.25) is 0 Å². The van der Waals surface area contributed by atoms with Crippen molar-refractivity contribution in [3.8, 4) is 0 Å². The van der Waals surface area contributed by atoms with Crippen LogP contribution < -0.4 is 5.32 Å². The molecule has 1 aliphatic heterocycles. The number of guanidine groups is 1. The number of nitrogens with one attached hydrogen (secondary N) is 1. The van der Waals surface area contributed by atoms with E-state index >= 15 is 0 Å². The fourth-order valence-electron chi connectivity index (χ4n) is 3.25. The molecule has 0 spiro atoms. The summed E-state index contributed by atoms with van der Waals surface area (Å²) >= 11 is 0. The Labute approximate surface area is 187 Å². The molecule has 8 heteroatoms. The lowest BCUT2D eigenvalue weighted by molar-refractivity contribution is 0.156. The van der Waals surface area contributed by atoms with Crippen LogP contribution in [0.15, 0.2) is 35.3 Å². The zero-order valence-corrected chi connectivity index (χ0v) is 20.1. The van der Waals surface area contributed by atoms with Crippen molar-refractivity contribution in [2.45, 2.75) is 26.2 Å². The van der Waals surface area contributed by atoms with Crippen LogP contribution in [0.1, 0.15) is 25.3 Å². The molecular formula is C20H34IN3O3S. The SMILES string of the molecule is CCNC(=NCCOCCS(C)(=O)=O)N1CCC(Cc2ccccc2)CC1.I. The Bertz CT molecular complexity index is 675. The molecular weight excluding hydrogens is 489 g/mol. The molecule has 6 nitrogen and oxygen atoms in total. The first-order valence-electron chi connectivity index (χ1n) is 9.80. The third-order valence-electron chi connectivity index (χ3n) is 4.71. The van der Waals surface area contributed by atoms with Crippen molar-refractivity contribution in [3.63, 3.8) is 0 Å². The van der Waals surface area contributed by atoms with Gasteiger partial charge in [-0.15, -0.1) is 24.0 Å². The number of aliphatic imine (C=N–C) groups is 1. The first-order valence-corrected chi connectivity index (χ1v) is 11.9. The quantitative estimate of drug-likeness (QED) is 0.233. The summed E-state index contributed by atoms with van der Waals surface area (Å²) < 4.78 is 27.5. The summed E-state index contributed by atoms with van der Waals surface area (Å²) in [5, 5.41) is 3.36. The molecule has 160 valence electrons. The molecule has 1 heterocycles. The largest absolute Gasteiger partial charge is 0.378 e. The third kappa shape index (κ3) is 10.1. The minimum Gasteiger partial charge on any atom is -0.378 e. The van der Waals surface area contributed by atoms with Crippen molar-refractivity contribution < 1.29 is 13.2 Å². The molecule has 0 atom stereocenters. The van der Waals surface area contributed by atoms with Gasteiger partial charge in [-0.25, -0.2) is 8.42 Å². The van der Waals surface area contributed by atoms with Crippen molar-refractivity contribution in [3.05, 3.63) is 35.9 Å². The maximum atomic E-state index is 11.1. The van der Waals surface area contributed by atoms with Crippen molar-refractivity contribution in [1.29, 1.82) is 0 Å². The van der Waals surface area contributed by atoms with Gasteiger partial charge in [-0.3, -0.25) is 4.99 Å². The molecule has 1 aromatic rings. The fraction of sp³-hybridized carbons (Fsp3) is 0.650. The van der Waals surface area contributed by atoms with Gasteiger partial charge < -0.3 is 15.0 Å². The summed E-state index contributed by atoms with van der Waals surface area (Å²) in [7, 11) is -2.96. The van der Waals surface area contributed by atoms with E-state index in [1.54, 1.807) is 0 Å². The number of hydrogen-bond acceptors (Lipinski definition) is 4. The van der Waals surface area contributed by atoms with E-state index in [-0.39, 0.29) is 36.3 Å². The van der Waals surface area contributed by atoms with E-state index in [2.05, 4.69) is 52.5 Å². The van der Waals surface area contributed by atoms with Gasteiger partial charge in [-0.1, -0.05) is 30.3 Å². The standard InChI is InChI=1S/C20H33N3O3S.HI/c1-3-21-20(22-11-14-26-15-16-27(2,24)25)23-12-9-19(10-13-23)17-18-7-5-4-6-8-18;/h4-8,19H,3,9-17H2,1-2H3,(H,21,22);1H. The van der Waals surface area contributed by atoms with Crippen LogP contribution in [-0.2, 0) is 21.0 Å². The van der Waals surface area contributed by atoms with Gasteiger partial charge in [0.15, 0.2) is 5.96 Å². The summed E-state index contributed by atoms with van der Waals surface area (Å²) in [6, 6.07) is 10.7. The summed E-state index contributed by atoms with van der Waals surface area (Å²) in [5.41, 5.74) is 1.42. The van der Waals surface area contributed by atoms with Gasteiger partial charge in [0.05, 0.1) is 25.5 Å². The number of hydrogen-bond donors (Lipinski definition) is 1. The van der Waals surface area contributed by atoms with Crippen molar-refractivity contribution in [1.82, 2.24) is 10.2 Å². The number of ether oxygens (including phenoxy) is 1. The smallest absolute Gasteiger partial charge is 0.193 e. The Morgan fingerprint density at radius 3 is 2.50 bits per heavy atom. The zero-order chi connectivity index (χ0) is 19.5. The molecule has 1 saturated heterocycles. The second-order valence-electron chi connectivity index (χ2n) is 7.10. The Morgan fingerprint density at radius 2 is 1.89 bits per heavy atom. The minimum atomic E-state index is -2.96. The Morgan fingerprint density at radius 1 is 1.21 bits per heavy atom. The third-order valence-corrected chi connectivity index (χ3v) is 5.62. The van der Waals surface area contributed by atoms with Gasteiger partial charge in [-0.05, 0) is 37.7 Å². The first-order chi connectivity index (χ1) is 13.0. The normalized spacial score (nSPS) is 15.9. The number of halogens is 1. The highest BCUT2D eigenvalue weighted by Crippen LogP contribution is 2.21. The van der Waals surface area contributed by atoms with E-state index in [1.807, 2.05) is 0 Å². The van der Waals surface area contributed by atoms with Crippen molar-refractivity contribution in [2.24, 2.45) is 10.9 Å². The molecule has 0 bridgehead atoms. The number of rotatable bonds is 9. The van der Waals surface area contributed by atoms with Crippen LogP contribution in [0.25, 0.3) is 0 Å². The van der Waals surface area contributed by atoms with Gasteiger partial charge in [-0.2, -0.15) is 0 Å². The summed E-state index contributed by atoms with van der Waals surface area (Å²) in [6.07, 6.45) is 4.71. The van der Waals surface area contributed by atoms with Gasteiger partial charge in [0.1, 0.15) is 9.84 Å². The average Bonchev–Trinajstić information content (AvgIpc) is 2.64. The molecule has 0 radical (unpaired) electrons. The van der Waals surface area contributed by atoms with Gasteiger partial charge in [0.25, 0.3) is 0 Å². The molecule has 0 aliphatic carbocycles. The second-order valence-corrected chi connectivity index (χ2v) is 9.36. The minimum absolute atomic E-state index is 0. The summed E-state index contributed by atoms with van der Waals surface area (Å²) in [5.74, 6) is 1.72. The summed E-state index contributed by atoms with van der Waals surface area (Å²) in [6.45, 7) is 6.13. The van der Waals surface area contributed by atoms with Crippen molar-refractivity contribution in [2.75, 3.05) is 51.4 Å². The number of benzene rings is 1. The number of sulfone groups is 1. The van der Waals surface area contributed by atoms with Crippen LogP contribution in [-0.4, -0.2) is 70.7 Å². The molecule has 28 heavy (non-hydrogen) atoms. The lowest BCUT2D eigenvalue weighted by atomic mass is 9.90. The fourth-order valence-corrected chi connectivity index (χ4v) is 3.67. The average molecular weight is 523 g/mol. The predicted molar refractivity (Wildman–Crippen MR) is 126 cm³/mol. The molecule has 1 N–H and O–H groups in total. The molecule has 1 aromatic carbocycles. The first kappa shape index (κ1) is 25.2. The highest BCUT2D eigenvalue weighted by molar-refractivity contribution is 14.0. The maximum absolute atomic E-state index is 11.1.